The number of nitrogens with zero attached hydrogens (tertiary/aromatic N) is 1. The summed E-state index contributed by atoms with van der Waals surface area (Å²) < 4.78 is 18.9. The third-order valence-electron chi connectivity index (χ3n) is 3.67. The fourth-order valence-electron chi connectivity index (χ4n) is 2.67. The summed E-state index contributed by atoms with van der Waals surface area (Å²) in [7, 11) is 1.74. The lowest BCUT2D eigenvalue weighted by Crippen LogP contribution is -2.21. The van der Waals surface area contributed by atoms with Crippen molar-refractivity contribution in [2.75, 3.05) is 33.4 Å². The first kappa shape index (κ1) is 16.0. The van der Waals surface area contributed by atoms with Crippen molar-refractivity contribution in [2.45, 2.75) is 19.4 Å². The molecule has 1 aliphatic rings. The Labute approximate surface area is 125 Å². The second kappa shape index (κ2) is 8.14. The highest BCUT2D eigenvalue weighted by Gasteiger charge is 2.22. The molecule has 1 fully saturated rings. The molecule has 21 heavy (non-hydrogen) atoms. The van der Waals surface area contributed by atoms with Crippen molar-refractivity contribution < 1.29 is 14.2 Å². The zero-order chi connectivity index (χ0) is 15.1. The van der Waals surface area contributed by atoms with E-state index in [1.165, 1.54) is 6.07 Å². The molecule has 1 heterocycles. The molecule has 4 heteroatoms. The highest BCUT2D eigenvalue weighted by Crippen LogP contribution is 2.19. The molecular formula is C17H22FNO2. The summed E-state index contributed by atoms with van der Waals surface area (Å²) in [6.07, 6.45) is 1.52. The Hall–Kier alpha value is -1.41. The lowest BCUT2D eigenvalue weighted by Gasteiger charge is -2.16. The van der Waals surface area contributed by atoms with E-state index in [0.29, 0.717) is 17.9 Å². The second-order valence-electron chi connectivity index (χ2n) is 5.43. The van der Waals surface area contributed by atoms with Gasteiger partial charge in [0.05, 0.1) is 18.8 Å². The van der Waals surface area contributed by atoms with Crippen LogP contribution in [-0.4, -0.2) is 43.4 Å². The van der Waals surface area contributed by atoms with E-state index in [1.807, 2.05) is 12.1 Å². The van der Waals surface area contributed by atoms with Crippen molar-refractivity contribution in [3.05, 3.63) is 35.1 Å². The van der Waals surface area contributed by atoms with Crippen LogP contribution in [0.4, 0.5) is 4.39 Å². The molecule has 0 saturated carbocycles. The second-order valence-corrected chi connectivity index (χ2v) is 5.43. The molecular weight excluding hydrogens is 269 g/mol. The van der Waals surface area contributed by atoms with Gasteiger partial charge in [-0.3, -0.25) is 4.90 Å². The monoisotopic (exact) mass is 291 g/mol. The molecule has 0 amide bonds. The van der Waals surface area contributed by atoms with Crippen LogP contribution in [-0.2, 0) is 11.3 Å². The van der Waals surface area contributed by atoms with Crippen molar-refractivity contribution in [2.24, 2.45) is 5.92 Å². The quantitative estimate of drug-likeness (QED) is 0.843. The molecule has 1 aromatic carbocycles. The number of hydrogen-bond donors (Lipinski definition) is 1. The Morgan fingerprint density at radius 3 is 3.10 bits per heavy atom. The van der Waals surface area contributed by atoms with Gasteiger partial charge < -0.3 is 9.84 Å². The molecule has 0 aliphatic carbocycles. The van der Waals surface area contributed by atoms with Crippen molar-refractivity contribution >= 4 is 0 Å². The summed E-state index contributed by atoms with van der Waals surface area (Å²) in [5.41, 5.74) is 1.48. The van der Waals surface area contributed by atoms with E-state index in [1.54, 1.807) is 7.11 Å². The number of likely N-dealkylation sites (tertiary alicyclic amines) is 1. The minimum absolute atomic E-state index is 0.00295. The number of methoxy groups -OCH3 is 1. The van der Waals surface area contributed by atoms with Crippen molar-refractivity contribution in [1.29, 1.82) is 0 Å². The zero-order valence-corrected chi connectivity index (χ0v) is 12.4. The van der Waals surface area contributed by atoms with Crippen LogP contribution in [0.25, 0.3) is 0 Å². The molecule has 0 aromatic heterocycles. The Morgan fingerprint density at radius 1 is 1.48 bits per heavy atom. The topological polar surface area (TPSA) is 32.7 Å². The molecule has 1 atom stereocenters. The van der Waals surface area contributed by atoms with Crippen LogP contribution in [0, 0.1) is 23.6 Å². The summed E-state index contributed by atoms with van der Waals surface area (Å²) in [4.78, 5) is 2.36. The predicted molar refractivity (Wildman–Crippen MR) is 80.2 cm³/mol. The van der Waals surface area contributed by atoms with Crippen LogP contribution < -0.4 is 0 Å². The Kier molecular flexibility index (Phi) is 6.19. The number of hydrogen-bond acceptors (Lipinski definition) is 3. The standard InChI is InChI=1S/C17H22FNO2/c1-21-13-15-7-8-19(12-15)11-14-5-6-17(18)16(10-14)4-2-3-9-20/h5-6,10,15,20H,3,7-9,11-13H2,1H3. The number of rotatable bonds is 5. The highest BCUT2D eigenvalue weighted by molar-refractivity contribution is 5.38. The summed E-state index contributed by atoms with van der Waals surface area (Å²) in [5.74, 6) is 5.85. The van der Waals surface area contributed by atoms with Gasteiger partial charge in [-0.2, -0.15) is 0 Å². The molecule has 1 unspecified atom stereocenters. The summed E-state index contributed by atoms with van der Waals surface area (Å²) in [6.45, 7) is 3.70. The fourth-order valence-corrected chi connectivity index (χ4v) is 2.67. The largest absolute Gasteiger partial charge is 0.395 e. The van der Waals surface area contributed by atoms with Gasteiger partial charge in [0.2, 0.25) is 0 Å². The Morgan fingerprint density at radius 2 is 2.33 bits per heavy atom. The molecule has 3 nitrogen and oxygen atoms in total. The predicted octanol–water partition coefficient (Wildman–Crippen LogP) is 2.03. The van der Waals surface area contributed by atoms with E-state index in [4.69, 9.17) is 9.84 Å². The Bertz CT molecular complexity index is 521. The van der Waals surface area contributed by atoms with Gasteiger partial charge in [0.1, 0.15) is 5.82 Å². The van der Waals surface area contributed by atoms with Gasteiger partial charge in [0, 0.05) is 26.6 Å². The molecule has 1 aliphatic heterocycles. The van der Waals surface area contributed by atoms with Gasteiger partial charge in [0.15, 0.2) is 0 Å². The summed E-state index contributed by atoms with van der Waals surface area (Å²) >= 11 is 0. The van der Waals surface area contributed by atoms with Gasteiger partial charge in [-0.15, -0.1) is 0 Å². The first-order chi connectivity index (χ1) is 10.2. The van der Waals surface area contributed by atoms with E-state index in [0.717, 1.165) is 38.2 Å². The van der Waals surface area contributed by atoms with Gasteiger partial charge >= 0.3 is 0 Å². The molecule has 1 N–H and O–H groups in total. The molecule has 1 aromatic rings. The van der Waals surface area contributed by atoms with E-state index >= 15 is 0 Å². The highest BCUT2D eigenvalue weighted by atomic mass is 19.1. The minimum Gasteiger partial charge on any atom is -0.395 e. The average molecular weight is 291 g/mol. The third-order valence-corrected chi connectivity index (χ3v) is 3.67. The smallest absolute Gasteiger partial charge is 0.138 e. The van der Waals surface area contributed by atoms with Gasteiger partial charge in [-0.25, -0.2) is 4.39 Å². The minimum atomic E-state index is -0.303. The lowest BCUT2D eigenvalue weighted by molar-refractivity contribution is 0.152. The van der Waals surface area contributed by atoms with Gasteiger partial charge in [0.25, 0.3) is 0 Å². The van der Waals surface area contributed by atoms with E-state index in [-0.39, 0.29) is 12.4 Å². The Balaban J connectivity index is 1.98. The van der Waals surface area contributed by atoms with Gasteiger partial charge in [-0.1, -0.05) is 17.9 Å². The number of benzene rings is 1. The molecule has 0 spiro atoms. The van der Waals surface area contributed by atoms with Crippen LogP contribution in [0.2, 0.25) is 0 Å². The zero-order valence-electron chi connectivity index (χ0n) is 12.4. The average Bonchev–Trinajstić information content (AvgIpc) is 2.90. The maximum absolute atomic E-state index is 13.7. The molecule has 1 saturated heterocycles. The summed E-state index contributed by atoms with van der Waals surface area (Å²) in [6, 6.07) is 5.10. The molecule has 0 bridgehead atoms. The fraction of sp³-hybridized carbons (Fsp3) is 0.529. The number of ether oxygens (including phenoxy) is 1. The summed E-state index contributed by atoms with van der Waals surface area (Å²) in [5, 5.41) is 8.71. The number of aliphatic hydroxyl groups excluding tert-OH is 1. The van der Waals surface area contributed by atoms with Crippen LogP contribution in [0.1, 0.15) is 24.0 Å². The number of halogens is 1. The van der Waals surface area contributed by atoms with Gasteiger partial charge in [-0.05, 0) is 36.6 Å². The first-order valence-electron chi connectivity index (χ1n) is 7.32. The van der Waals surface area contributed by atoms with Crippen LogP contribution >= 0.6 is 0 Å². The lowest BCUT2D eigenvalue weighted by atomic mass is 10.1. The van der Waals surface area contributed by atoms with Crippen LogP contribution in [0.3, 0.4) is 0 Å². The maximum Gasteiger partial charge on any atom is 0.138 e. The van der Waals surface area contributed by atoms with Crippen molar-refractivity contribution in [3.8, 4) is 11.8 Å². The van der Waals surface area contributed by atoms with E-state index in [9.17, 15) is 4.39 Å². The first-order valence-corrected chi connectivity index (χ1v) is 7.32. The molecule has 2 rings (SSSR count). The normalized spacial score (nSPS) is 18.5. The molecule has 0 radical (unpaired) electrons. The van der Waals surface area contributed by atoms with E-state index < -0.39 is 0 Å². The third kappa shape index (κ3) is 4.82. The van der Waals surface area contributed by atoms with E-state index in [2.05, 4.69) is 16.7 Å². The van der Waals surface area contributed by atoms with Crippen molar-refractivity contribution in [1.82, 2.24) is 4.90 Å². The molecule has 114 valence electrons. The number of aliphatic hydroxyl groups is 1. The maximum atomic E-state index is 13.7. The van der Waals surface area contributed by atoms with Crippen molar-refractivity contribution in [3.63, 3.8) is 0 Å². The van der Waals surface area contributed by atoms with Crippen LogP contribution in [0.15, 0.2) is 18.2 Å². The SMILES string of the molecule is COCC1CCN(Cc2ccc(F)c(C#CCCO)c2)C1. The van der Waals surface area contributed by atoms with Crippen LogP contribution in [0.5, 0.6) is 0 Å².